The molecule has 1 aliphatic heterocycles. The van der Waals surface area contributed by atoms with Crippen LogP contribution in [0.15, 0.2) is 36.5 Å². The average molecular weight is 467 g/mol. The highest BCUT2D eigenvalue weighted by atomic mass is 19.1. The standard InChI is InChI=1S/C25H27FN4O4/c1-25(2,13-33-3)22-20(14-4-9-19(24(31)32)34-12-14)21-18(10-15-11-27-29-23(15)28-21)30(22)17-7-5-16(26)6-8-17/h5-8,10-11,14,19H,4,9,12-13H2,1-3H3,(H,31,32)(H,27,28,29)/t14-,19?/m0/s1. The summed E-state index contributed by atoms with van der Waals surface area (Å²) in [7, 11) is 1.67. The molecule has 1 unspecified atom stereocenters. The number of fused-ring (bicyclic) bond motifs is 2. The first-order chi connectivity index (χ1) is 16.3. The second-order valence-corrected chi connectivity index (χ2v) is 9.49. The van der Waals surface area contributed by atoms with Crippen LogP contribution in [0.3, 0.4) is 0 Å². The van der Waals surface area contributed by atoms with Gasteiger partial charge in [-0.3, -0.25) is 5.10 Å². The Hall–Kier alpha value is -3.30. The predicted octanol–water partition coefficient (Wildman–Crippen LogP) is 4.31. The molecule has 1 aliphatic rings. The summed E-state index contributed by atoms with van der Waals surface area (Å²) in [6, 6.07) is 8.42. The number of aromatic amines is 1. The Balaban J connectivity index is 1.81. The normalized spacial score (nSPS) is 19.2. The van der Waals surface area contributed by atoms with E-state index < -0.39 is 17.5 Å². The van der Waals surface area contributed by atoms with Crippen molar-refractivity contribution in [3.63, 3.8) is 0 Å². The lowest BCUT2D eigenvalue weighted by molar-refractivity contribution is -0.153. The van der Waals surface area contributed by atoms with Crippen LogP contribution < -0.4 is 0 Å². The van der Waals surface area contributed by atoms with Crippen LogP contribution in [0.4, 0.5) is 4.39 Å². The number of rotatable bonds is 6. The molecule has 4 aromatic rings. The summed E-state index contributed by atoms with van der Waals surface area (Å²) >= 11 is 0. The van der Waals surface area contributed by atoms with Gasteiger partial charge in [0.25, 0.3) is 0 Å². The van der Waals surface area contributed by atoms with E-state index in [-0.39, 0.29) is 18.3 Å². The monoisotopic (exact) mass is 466 g/mol. The van der Waals surface area contributed by atoms with Crippen molar-refractivity contribution >= 4 is 28.0 Å². The Bertz CT molecular complexity index is 1350. The summed E-state index contributed by atoms with van der Waals surface area (Å²) in [6.45, 7) is 4.93. The van der Waals surface area contributed by atoms with Gasteiger partial charge in [-0.1, -0.05) is 13.8 Å². The van der Waals surface area contributed by atoms with Gasteiger partial charge in [0.2, 0.25) is 0 Å². The number of aliphatic carboxylic acids is 1. The van der Waals surface area contributed by atoms with Crippen LogP contribution in [0.2, 0.25) is 0 Å². The van der Waals surface area contributed by atoms with Crippen LogP contribution in [0, 0.1) is 5.82 Å². The molecule has 8 nitrogen and oxygen atoms in total. The second-order valence-electron chi connectivity index (χ2n) is 9.49. The minimum atomic E-state index is -0.940. The molecule has 9 heteroatoms. The summed E-state index contributed by atoms with van der Waals surface area (Å²) in [4.78, 5) is 16.4. The first-order valence-corrected chi connectivity index (χ1v) is 11.3. The fourth-order valence-corrected chi connectivity index (χ4v) is 5.11. The van der Waals surface area contributed by atoms with Gasteiger partial charge >= 0.3 is 5.97 Å². The Morgan fingerprint density at radius 1 is 1.32 bits per heavy atom. The van der Waals surface area contributed by atoms with Crippen molar-refractivity contribution in [1.29, 1.82) is 0 Å². The fourth-order valence-electron chi connectivity index (χ4n) is 5.11. The molecule has 178 valence electrons. The van der Waals surface area contributed by atoms with Crippen LogP contribution in [0.25, 0.3) is 27.8 Å². The first kappa shape index (κ1) is 22.5. The lowest BCUT2D eigenvalue weighted by atomic mass is 9.81. The molecule has 0 bridgehead atoms. The van der Waals surface area contributed by atoms with Gasteiger partial charge in [-0.25, -0.2) is 14.2 Å². The average Bonchev–Trinajstić information content (AvgIpc) is 3.40. The van der Waals surface area contributed by atoms with Crippen molar-refractivity contribution < 1.29 is 23.8 Å². The molecule has 34 heavy (non-hydrogen) atoms. The van der Waals surface area contributed by atoms with E-state index in [9.17, 15) is 14.3 Å². The van der Waals surface area contributed by atoms with Gasteiger partial charge in [0.05, 0.1) is 30.4 Å². The number of pyridine rings is 1. The van der Waals surface area contributed by atoms with Gasteiger partial charge in [-0.15, -0.1) is 0 Å². The van der Waals surface area contributed by atoms with E-state index in [0.717, 1.165) is 33.4 Å². The molecule has 3 aromatic heterocycles. The van der Waals surface area contributed by atoms with E-state index in [0.29, 0.717) is 25.1 Å². The fraction of sp³-hybridized carbons (Fsp3) is 0.400. The van der Waals surface area contributed by atoms with Gasteiger partial charge in [0.1, 0.15) is 5.82 Å². The van der Waals surface area contributed by atoms with Crippen LogP contribution in [0.5, 0.6) is 0 Å². The number of hydrogen-bond acceptors (Lipinski definition) is 5. The number of nitrogens with zero attached hydrogens (tertiary/aromatic N) is 3. The number of H-pyrrole nitrogens is 1. The number of carbonyl (C=O) groups is 1. The summed E-state index contributed by atoms with van der Waals surface area (Å²) in [5.74, 6) is -1.31. The number of nitrogens with one attached hydrogen (secondary N) is 1. The van der Waals surface area contributed by atoms with Crippen molar-refractivity contribution in [3.8, 4) is 5.69 Å². The van der Waals surface area contributed by atoms with Crippen molar-refractivity contribution in [2.45, 2.75) is 44.1 Å². The number of benzene rings is 1. The molecule has 2 atom stereocenters. The molecule has 1 saturated heterocycles. The van der Waals surface area contributed by atoms with Crippen LogP contribution in [-0.2, 0) is 19.7 Å². The molecular formula is C25H27FN4O4. The van der Waals surface area contributed by atoms with Crippen LogP contribution >= 0.6 is 0 Å². The molecule has 0 aliphatic carbocycles. The zero-order valence-electron chi connectivity index (χ0n) is 19.3. The molecule has 2 N–H and O–H groups in total. The summed E-state index contributed by atoms with van der Waals surface area (Å²) in [6.07, 6.45) is 1.99. The summed E-state index contributed by atoms with van der Waals surface area (Å²) < 4.78 is 27.3. The third-order valence-corrected chi connectivity index (χ3v) is 6.57. The molecule has 0 amide bonds. The number of carboxylic acid groups (broad SMARTS) is 1. The number of carboxylic acids is 1. The van der Waals surface area contributed by atoms with Crippen molar-refractivity contribution in [2.24, 2.45) is 0 Å². The molecule has 4 heterocycles. The number of methoxy groups -OCH3 is 1. The van der Waals surface area contributed by atoms with E-state index in [1.165, 1.54) is 12.1 Å². The SMILES string of the molecule is COCC(C)(C)c1c([C@H]2CCC(C(=O)O)OC2)c2nc3[nH]ncc3cc2n1-c1ccc(F)cc1. The van der Waals surface area contributed by atoms with Crippen LogP contribution in [0.1, 0.15) is 43.9 Å². The molecule has 0 saturated carbocycles. The lowest BCUT2D eigenvalue weighted by Crippen LogP contribution is -2.33. The Labute approximate surface area is 195 Å². The van der Waals surface area contributed by atoms with Crippen molar-refractivity contribution in [1.82, 2.24) is 19.7 Å². The minimum Gasteiger partial charge on any atom is -0.479 e. The maximum Gasteiger partial charge on any atom is 0.332 e. The Morgan fingerprint density at radius 3 is 2.74 bits per heavy atom. The summed E-state index contributed by atoms with van der Waals surface area (Å²) in [5, 5.41) is 17.3. The van der Waals surface area contributed by atoms with Gasteiger partial charge in [-0.05, 0) is 43.2 Å². The molecule has 5 rings (SSSR count). The molecular weight excluding hydrogens is 439 g/mol. The van der Waals surface area contributed by atoms with E-state index in [4.69, 9.17) is 14.5 Å². The topological polar surface area (TPSA) is 102 Å². The number of hydrogen-bond donors (Lipinski definition) is 2. The molecule has 0 radical (unpaired) electrons. The van der Waals surface area contributed by atoms with Gasteiger partial charge in [0.15, 0.2) is 11.8 Å². The molecule has 1 fully saturated rings. The van der Waals surface area contributed by atoms with Crippen molar-refractivity contribution in [3.05, 3.63) is 53.6 Å². The molecule has 0 spiro atoms. The number of halogens is 1. The smallest absolute Gasteiger partial charge is 0.332 e. The minimum absolute atomic E-state index is 0.0567. The van der Waals surface area contributed by atoms with Crippen LogP contribution in [-0.4, -0.2) is 57.3 Å². The van der Waals surface area contributed by atoms with E-state index in [1.54, 1.807) is 25.4 Å². The van der Waals surface area contributed by atoms with E-state index in [2.05, 4.69) is 28.6 Å². The van der Waals surface area contributed by atoms with Gasteiger partial charge in [-0.2, -0.15) is 5.10 Å². The molecule has 1 aromatic carbocycles. The number of aromatic nitrogens is 4. The van der Waals surface area contributed by atoms with E-state index in [1.807, 2.05) is 6.07 Å². The maximum atomic E-state index is 13.8. The number of ether oxygens (including phenoxy) is 2. The van der Waals surface area contributed by atoms with E-state index >= 15 is 0 Å². The quantitative estimate of drug-likeness (QED) is 0.439. The first-order valence-electron chi connectivity index (χ1n) is 11.3. The largest absolute Gasteiger partial charge is 0.479 e. The van der Waals surface area contributed by atoms with Gasteiger partial charge in [0, 0.05) is 40.8 Å². The lowest BCUT2D eigenvalue weighted by Gasteiger charge is -2.32. The zero-order chi connectivity index (χ0) is 24.0. The Kier molecular flexibility index (Phi) is 5.61. The predicted molar refractivity (Wildman–Crippen MR) is 125 cm³/mol. The zero-order valence-corrected chi connectivity index (χ0v) is 19.3. The highest BCUT2D eigenvalue weighted by molar-refractivity contribution is 5.94. The third kappa shape index (κ3) is 3.74. The summed E-state index contributed by atoms with van der Waals surface area (Å²) in [5.41, 5.74) is 4.70. The second kappa shape index (κ2) is 8.48. The highest BCUT2D eigenvalue weighted by Crippen LogP contribution is 2.43. The van der Waals surface area contributed by atoms with Gasteiger partial charge < -0.3 is 19.1 Å². The maximum absolute atomic E-state index is 13.8. The Morgan fingerprint density at radius 2 is 2.09 bits per heavy atom. The third-order valence-electron chi connectivity index (χ3n) is 6.57. The highest BCUT2D eigenvalue weighted by Gasteiger charge is 2.37. The van der Waals surface area contributed by atoms with Crippen molar-refractivity contribution in [2.75, 3.05) is 20.3 Å².